The van der Waals surface area contributed by atoms with Crippen molar-refractivity contribution in [2.24, 2.45) is 4.99 Å². The molecule has 2 heterocycles. The largest absolute Gasteiger partial charge is 0.443 e. The molecule has 0 amide bonds. The van der Waals surface area contributed by atoms with Crippen LogP contribution in [0.3, 0.4) is 0 Å². The summed E-state index contributed by atoms with van der Waals surface area (Å²) in [6.45, 7) is 15.7. The van der Waals surface area contributed by atoms with Gasteiger partial charge in [-0.05, 0) is 19.5 Å². The molecule has 0 bridgehead atoms. The van der Waals surface area contributed by atoms with Crippen LogP contribution in [0.25, 0.3) is 0 Å². The Labute approximate surface area is 146 Å². The maximum absolute atomic E-state index is 5.84. The molecule has 1 N–H and O–H groups in total. The molecule has 136 valence electrons. The lowest BCUT2D eigenvalue weighted by atomic mass is 9.94. The molecule has 2 rings (SSSR count). The Hall–Kier alpha value is -1.56. The van der Waals surface area contributed by atoms with Crippen molar-refractivity contribution < 1.29 is 4.42 Å². The maximum atomic E-state index is 5.84. The number of hydrogen-bond acceptors (Lipinski definition) is 4. The standard InChI is InChI=1S/C18H33N5O/c1-7-22(8-2)14-9-10-23(13-14)17(19-6)21-12-16-20-11-15(24-16)18(3,4)5/h11,14H,7-10,12-13H2,1-6H3,(H,19,21). The molecule has 1 aliphatic rings. The molecule has 1 unspecified atom stereocenters. The summed E-state index contributed by atoms with van der Waals surface area (Å²) in [6.07, 6.45) is 3.02. The third-order valence-corrected chi connectivity index (χ3v) is 4.69. The Morgan fingerprint density at radius 2 is 2.12 bits per heavy atom. The Morgan fingerprint density at radius 3 is 2.67 bits per heavy atom. The molecule has 0 aromatic carbocycles. The lowest BCUT2D eigenvalue weighted by Crippen LogP contribution is -2.43. The molecule has 1 saturated heterocycles. The van der Waals surface area contributed by atoms with Crippen LogP contribution in [0.1, 0.15) is 52.7 Å². The molecular formula is C18H33N5O. The van der Waals surface area contributed by atoms with Gasteiger partial charge in [-0.1, -0.05) is 34.6 Å². The second kappa shape index (κ2) is 8.01. The van der Waals surface area contributed by atoms with Crippen LogP contribution in [-0.4, -0.2) is 60.0 Å². The van der Waals surface area contributed by atoms with Crippen molar-refractivity contribution in [3.8, 4) is 0 Å². The first-order chi connectivity index (χ1) is 11.4. The van der Waals surface area contributed by atoms with Crippen LogP contribution < -0.4 is 5.32 Å². The van der Waals surface area contributed by atoms with Gasteiger partial charge in [0, 0.05) is 31.6 Å². The minimum atomic E-state index is -0.0150. The topological polar surface area (TPSA) is 56.9 Å². The first kappa shape index (κ1) is 18.8. The Bertz CT molecular complexity index is 542. The van der Waals surface area contributed by atoms with Crippen LogP contribution in [0.2, 0.25) is 0 Å². The average molecular weight is 335 g/mol. The van der Waals surface area contributed by atoms with Gasteiger partial charge in [-0.2, -0.15) is 0 Å². The van der Waals surface area contributed by atoms with Crippen LogP contribution >= 0.6 is 0 Å². The van der Waals surface area contributed by atoms with Crippen LogP contribution in [0, 0.1) is 0 Å². The van der Waals surface area contributed by atoms with Gasteiger partial charge < -0.3 is 14.6 Å². The summed E-state index contributed by atoms with van der Waals surface area (Å²) in [6, 6.07) is 0.618. The fraction of sp³-hybridized carbons (Fsp3) is 0.778. The highest BCUT2D eigenvalue weighted by atomic mass is 16.4. The van der Waals surface area contributed by atoms with Crippen molar-refractivity contribution in [1.29, 1.82) is 0 Å². The van der Waals surface area contributed by atoms with E-state index >= 15 is 0 Å². The highest BCUT2D eigenvalue weighted by molar-refractivity contribution is 5.80. The SMILES string of the molecule is CCN(CC)C1CCN(C(=NC)NCc2ncc(C(C)(C)C)o2)C1. The third kappa shape index (κ3) is 4.50. The van der Waals surface area contributed by atoms with Gasteiger partial charge in [0.05, 0.1) is 12.7 Å². The molecule has 0 aliphatic carbocycles. The summed E-state index contributed by atoms with van der Waals surface area (Å²) in [4.78, 5) is 13.7. The van der Waals surface area contributed by atoms with Crippen molar-refractivity contribution in [3.63, 3.8) is 0 Å². The number of rotatable bonds is 5. The number of aliphatic imine (C=N–C) groups is 1. The van der Waals surface area contributed by atoms with E-state index in [0.29, 0.717) is 18.5 Å². The molecule has 24 heavy (non-hydrogen) atoms. The minimum absolute atomic E-state index is 0.0150. The zero-order valence-electron chi connectivity index (χ0n) is 16.1. The number of hydrogen-bond donors (Lipinski definition) is 1. The number of likely N-dealkylation sites (N-methyl/N-ethyl adjacent to an activating group) is 1. The Kier molecular flexibility index (Phi) is 6.27. The number of aromatic nitrogens is 1. The predicted molar refractivity (Wildman–Crippen MR) is 98.3 cm³/mol. The van der Waals surface area contributed by atoms with Crippen molar-refractivity contribution in [2.75, 3.05) is 33.2 Å². The van der Waals surface area contributed by atoms with Gasteiger partial charge in [0.2, 0.25) is 5.89 Å². The van der Waals surface area contributed by atoms with Crippen LogP contribution in [-0.2, 0) is 12.0 Å². The van der Waals surface area contributed by atoms with Crippen molar-refractivity contribution in [3.05, 3.63) is 17.8 Å². The summed E-state index contributed by atoms with van der Waals surface area (Å²) in [5.41, 5.74) is -0.0150. The summed E-state index contributed by atoms with van der Waals surface area (Å²) < 4.78 is 5.84. The lowest BCUT2D eigenvalue weighted by molar-refractivity contribution is 0.223. The van der Waals surface area contributed by atoms with Gasteiger partial charge in [0.1, 0.15) is 5.76 Å². The van der Waals surface area contributed by atoms with Gasteiger partial charge in [0.15, 0.2) is 5.96 Å². The van der Waals surface area contributed by atoms with Gasteiger partial charge >= 0.3 is 0 Å². The van der Waals surface area contributed by atoms with E-state index in [9.17, 15) is 0 Å². The number of nitrogens with one attached hydrogen (secondary N) is 1. The third-order valence-electron chi connectivity index (χ3n) is 4.69. The van der Waals surface area contributed by atoms with Gasteiger partial charge in [-0.25, -0.2) is 4.98 Å². The summed E-state index contributed by atoms with van der Waals surface area (Å²) in [5.74, 6) is 2.55. The molecule has 6 heteroatoms. The smallest absolute Gasteiger partial charge is 0.213 e. The molecule has 1 aromatic rings. The Balaban J connectivity index is 1.90. The van der Waals surface area contributed by atoms with Crippen molar-refractivity contribution >= 4 is 5.96 Å². The van der Waals surface area contributed by atoms with E-state index in [2.05, 4.69) is 59.7 Å². The number of nitrogens with zero attached hydrogens (tertiary/aromatic N) is 4. The number of likely N-dealkylation sites (tertiary alicyclic amines) is 1. The fourth-order valence-electron chi connectivity index (χ4n) is 3.20. The van der Waals surface area contributed by atoms with Gasteiger partial charge in [-0.15, -0.1) is 0 Å². The molecule has 1 atom stereocenters. The molecule has 6 nitrogen and oxygen atoms in total. The van der Waals surface area contributed by atoms with Crippen LogP contribution in [0.5, 0.6) is 0 Å². The predicted octanol–water partition coefficient (Wildman–Crippen LogP) is 2.46. The second-order valence-electron chi connectivity index (χ2n) is 7.38. The number of guanidine groups is 1. The van der Waals surface area contributed by atoms with E-state index in [4.69, 9.17) is 4.42 Å². The molecule has 0 spiro atoms. The quantitative estimate of drug-likeness (QED) is 0.662. The van der Waals surface area contributed by atoms with E-state index in [1.54, 1.807) is 0 Å². The molecule has 1 aliphatic heterocycles. The highest BCUT2D eigenvalue weighted by Crippen LogP contribution is 2.22. The first-order valence-electron chi connectivity index (χ1n) is 9.03. The van der Waals surface area contributed by atoms with Crippen molar-refractivity contribution in [2.45, 2.75) is 59.0 Å². The van der Waals surface area contributed by atoms with Crippen molar-refractivity contribution in [1.82, 2.24) is 20.1 Å². The number of oxazole rings is 1. The van der Waals surface area contributed by atoms with E-state index in [1.807, 2.05) is 13.2 Å². The van der Waals surface area contributed by atoms with E-state index in [-0.39, 0.29) is 5.41 Å². The maximum Gasteiger partial charge on any atom is 0.213 e. The molecule has 1 fully saturated rings. The molecule has 0 saturated carbocycles. The highest BCUT2D eigenvalue weighted by Gasteiger charge is 2.28. The summed E-state index contributed by atoms with van der Waals surface area (Å²) in [7, 11) is 1.84. The summed E-state index contributed by atoms with van der Waals surface area (Å²) >= 11 is 0. The zero-order valence-corrected chi connectivity index (χ0v) is 16.1. The first-order valence-corrected chi connectivity index (χ1v) is 9.03. The Morgan fingerprint density at radius 1 is 1.42 bits per heavy atom. The zero-order chi connectivity index (χ0) is 17.7. The van der Waals surface area contributed by atoms with Gasteiger partial charge in [0.25, 0.3) is 0 Å². The van der Waals surface area contributed by atoms with Gasteiger partial charge in [-0.3, -0.25) is 9.89 Å². The normalized spacial score (nSPS) is 19.4. The average Bonchev–Trinajstić information content (AvgIpc) is 3.19. The lowest BCUT2D eigenvalue weighted by Gasteiger charge is -2.27. The van der Waals surface area contributed by atoms with Crippen LogP contribution in [0.4, 0.5) is 0 Å². The van der Waals surface area contributed by atoms with E-state index in [0.717, 1.165) is 37.9 Å². The van der Waals surface area contributed by atoms with E-state index in [1.165, 1.54) is 6.42 Å². The summed E-state index contributed by atoms with van der Waals surface area (Å²) in [5, 5.41) is 3.39. The fourth-order valence-corrected chi connectivity index (χ4v) is 3.20. The minimum Gasteiger partial charge on any atom is -0.443 e. The molecule has 0 radical (unpaired) electrons. The molecular weight excluding hydrogens is 302 g/mol. The second-order valence-corrected chi connectivity index (χ2v) is 7.38. The van der Waals surface area contributed by atoms with E-state index < -0.39 is 0 Å². The molecule has 1 aromatic heterocycles. The van der Waals surface area contributed by atoms with Crippen LogP contribution in [0.15, 0.2) is 15.6 Å². The monoisotopic (exact) mass is 335 g/mol.